The van der Waals surface area contributed by atoms with Gasteiger partial charge in [-0.1, -0.05) is 24.4 Å². The standard InChI is InChI=1S/C19H25ClN4OS/c20-17-6-5-16(26-17)8-10-22-19(25)23-14-15-7-9-21-18(13-15)24-11-3-1-2-4-12-24/h5-7,9,13H,1-4,8,10-12,14H2,(H2,22,23,25). The number of rotatable bonds is 6. The fraction of sp³-hybridized carbons (Fsp3) is 0.474. The quantitative estimate of drug-likeness (QED) is 0.773. The molecule has 3 heterocycles. The number of halogens is 1. The van der Waals surface area contributed by atoms with Crippen LogP contribution >= 0.6 is 22.9 Å². The van der Waals surface area contributed by atoms with E-state index in [-0.39, 0.29) is 6.03 Å². The van der Waals surface area contributed by atoms with Gasteiger partial charge in [0, 0.05) is 37.3 Å². The van der Waals surface area contributed by atoms with Gasteiger partial charge in [0.25, 0.3) is 0 Å². The first-order valence-electron chi connectivity index (χ1n) is 9.16. The number of urea groups is 1. The number of thiophene rings is 1. The van der Waals surface area contributed by atoms with Crippen molar-refractivity contribution in [3.05, 3.63) is 45.2 Å². The van der Waals surface area contributed by atoms with E-state index in [0.29, 0.717) is 13.1 Å². The molecule has 5 nitrogen and oxygen atoms in total. The van der Waals surface area contributed by atoms with Crippen LogP contribution in [0, 0.1) is 0 Å². The molecule has 1 aliphatic heterocycles. The predicted octanol–water partition coefficient (Wildman–Crippen LogP) is 4.22. The van der Waals surface area contributed by atoms with Gasteiger partial charge in [0.2, 0.25) is 0 Å². The van der Waals surface area contributed by atoms with E-state index in [4.69, 9.17) is 11.6 Å². The van der Waals surface area contributed by atoms with Gasteiger partial charge in [-0.25, -0.2) is 9.78 Å². The van der Waals surface area contributed by atoms with Crippen LogP contribution in [0.3, 0.4) is 0 Å². The van der Waals surface area contributed by atoms with Crippen LogP contribution in [0.2, 0.25) is 4.34 Å². The SMILES string of the molecule is O=C(NCCc1ccc(Cl)s1)NCc1ccnc(N2CCCCCC2)c1. The summed E-state index contributed by atoms with van der Waals surface area (Å²) >= 11 is 7.46. The van der Waals surface area contributed by atoms with Crippen LogP contribution in [-0.2, 0) is 13.0 Å². The van der Waals surface area contributed by atoms with Crippen molar-refractivity contribution < 1.29 is 4.79 Å². The first-order chi connectivity index (χ1) is 12.7. The molecule has 0 aliphatic carbocycles. The Hall–Kier alpha value is -1.79. The highest BCUT2D eigenvalue weighted by Gasteiger charge is 2.11. The fourth-order valence-corrected chi connectivity index (χ4v) is 4.16. The second-order valence-corrected chi connectivity index (χ2v) is 8.29. The Kier molecular flexibility index (Phi) is 7.14. The zero-order valence-electron chi connectivity index (χ0n) is 14.8. The van der Waals surface area contributed by atoms with E-state index in [9.17, 15) is 4.79 Å². The van der Waals surface area contributed by atoms with Gasteiger partial charge in [-0.2, -0.15) is 0 Å². The summed E-state index contributed by atoms with van der Waals surface area (Å²) in [6.45, 7) is 3.23. The van der Waals surface area contributed by atoms with Gasteiger partial charge in [-0.15, -0.1) is 11.3 Å². The van der Waals surface area contributed by atoms with Crippen LogP contribution in [0.15, 0.2) is 30.5 Å². The minimum Gasteiger partial charge on any atom is -0.357 e. The summed E-state index contributed by atoms with van der Waals surface area (Å²) in [5.41, 5.74) is 1.07. The molecule has 2 N–H and O–H groups in total. The molecular formula is C19H25ClN4OS. The van der Waals surface area contributed by atoms with Crippen molar-refractivity contribution in [3.63, 3.8) is 0 Å². The van der Waals surface area contributed by atoms with Crippen LogP contribution in [0.4, 0.5) is 10.6 Å². The number of nitrogens with one attached hydrogen (secondary N) is 2. The van der Waals surface area contributed by atoms with Gasteiger partial charge in [0.05, 0.1) is 4.34 Å². The predicted molar refractivity (Wildman–Crippen MR) is 108 cm³/mol. The maximum Gasteiger partial charge on any atom is 0.315 e. The molecule has 0 unspecified atom stereocenters. The summed E-state index contributed by atoms with van der Waals surface area (Å²) in [6.07, 6.45) is 7.67. The van der Waals surface area contributed by atoms with Crippen molar-refractivity contribution in [3.8, 4) is 0 Å². The zero-order chi connectivity index (χ0) is 18.2. The molecule has 2 amide bonds. The molecule has 0 spiro atoms. The molecule has 0 saturated carbocycles. The molecule has 0 aromatic carbocycles. The Balaban J connectivity index is 1.43. The topological polar surface area (TPSA) is 57.3 Å². The number of carbonyl (C=O) groups is 1. The minimum absolute atomic E-state index is 0.152. The maximum absolute atomic E-state index is 12.0. The number of carbonyl (C=O) groups excluding carboxylic acids is 1. The number of nitrogens with zero attached hydrogens (tertiary/aromatic N) is 2. The van der Waals surface area contributed by atoms with Crippen molar-refractivity contribution in [1.29, 1.82) is 0 Å². The summed E-state index contributed by atoms with van der Waals surface area (Å²) in [6, 6.07) is 7.76. The number of aromatic nitrogens is 1. The molecule has 7 heteroatoms. The van der Waals surface area contributed by atoms with Gasteiger partial charge >= 0.3 is 6.03 Å². The second kappa shape index (κ2) is 9.78. The van der Waals surface area contributed by atoms with E-state index in [1.54, 1.807) is 11.3 Å². The van der Waals surface area contributed by atoms with Crippen LogP contribution in [0.25, 0.3) is 0 Å². The molecule has 26 heavy (non-hydrogen) atoms. The monoisotopic (exact) mass is 392 g/mol. The lowest BCUT2D eigenvalue weighted by Crippen LogP contribution is -2.36. The molecular weight excluding hydrogens is 368 g/mol. The minimum atomic E-state index is -0.152. The number of hydrogen-bond acceptors (Lipinski definition) is 4. The summed E-state index contributed by atoms with van der Waals surface area (Å²) < 4.78 is 0.780. The Morgan fingerprint density at radius 1 is 1.15 bits per heavy atom. The van der Waals surface area contributed by atoms with Crippen LogP contribution < -0.4 is 15.5 Å². The molecule has 1 saturated heterocycles. The van der Waals surface area contributed by atoms with Crippen LogP contribution in [-0.4, -0.2) is 30.6 Å². The third kappa shape index (κ3) is 5.88. The number of hydrogen-bond donors (Lipinski definition) is 2. The summed E-state index contributed by atoms with van der Waals surface area (Å²) in [7, 11) is 0. The third-order valence-corrected chi connectivity index (χ3v) is 5.77. The molecule has 1 aliphatic rings. The van der Waals surface area contributed by atoms with E-state index >= 15 is 0 Å². The Labute approximate surface area is 163 Å². The first-order valence-corrected chi connectivity index (χ1v) is 10.4. The van der Waals surface area contributed by atoms with Gasteiger partial charge in [0.15, 0.2) is 0 Å². The highest BCUT2D eigenvalue weighted by atomic mass is 35.5. The highest BCUT2D eigenvalue weighted by Crippen LogP contribution is 2.21. The average molecular weight is 393 g/mol. The van der Waals surface area contributed by atoms with Crippen molar-refractivity contribution in [2.75, 3.05) is 24.5 Å². The molecule has 140 valence electrons. The van der Waals surface area contributed by atoms with Crippen molar-refractivity contribution in [2.24, 2.45) is 0 Å². The van der Waals surface area contributed by atoms with Gasteiger partial charge in [-0.3, -0.25) is 0 Å². The van der Waals surface area contributed by atoms with Crippen LogP contribution in [0.5, 0.6) is 0 Å². The molecule has 2 aromatic heterocycles. The molecule has 1 fully saturated rings. The van der Waals surface area contributed by atoms with Gasteiger partial charge in [-0.05, 0) is 49.1 Å². The Morgan fingerprint density at radius 3 is 2.69 bits per heavy atom. The number of amides is 2. The van der Waals surface area contributed by atoms with Gasteiger partial charge in [0.1, 0.15) is 5.82 Å². The van der Waals surface area contributed by atoms with E-state index in [1.807, 2.05) is 24.4 Å². The lowest BCUT2D eigenvalue weighted by atomic mass is 10.2. The van der Waals surface area contributed by atoms with E-state index in [1.165, 1.54) is 30.6 Å². The number of pyridine rings is 1. The zero-order valence-corrected chi connectivity index (χ0v) is 16.4. The lowest BCUT2D eigenvalue weighted by Gasteiger charge is -2.21. The third-order valence-electron chi connectivity index (χ3n) is 4.48. The van der Waals surface area contributed by atoms with Crippen molar-refractivity contribution in [1.82, 2.24) is 15.6 Å². The summed E-state index contributed by atoms with van der Waals surface area (Å²) in [5, 5.41) is 5.80. The summed E-state index contributed by atoms with van der Waals surface area (Å²) in [4.78, 5) is 20.0. The average Bonchev–Trinajstić information content (AvgIpc) is 2.89. The molecule has 0 atom stereocenters. The molecule has 3 rings (SSSR count). The largest absolute Gasteiger partial charge is 0.357 e. The highest BCUT2D eigenvalue weighted by molar-refractivity contribution is 7.16. The lowest BCUT2D eigenvalue weighted by molar-refractivity contribution is 0.240. The van der Waals surface area contributed by atoms with Crippen molar-refractivity contribution >= 4 is 34.8 Å². The smallest absolute Gasteiger partial charge is 0.315 e. The van der Waals surface area contributed by atoms with E-state index < -0.39 is 0 Å². The number of anilines is 1. The summed E-state index contributed by atoms with van der Waals surface area (Å²) in [5.74, 6) is 1.01. The molecule has 0 radical (unpaired) electrons. The molecule has 2 aromatic rings. The normalized spacial score (nSPS) is 14.7. The van der Waals surface area contributed by atoms with Crippen molar-refractivity contribution in [2.45, 2.75) is 38.6 Å². The van der Waals surface area contributed by atoms with E-state index in [2.05, 4.69) is 26.6 Å². The Morgan fingerprint density at radius 2 is 1.96 bits per heavy atom. The Bertz CT molecular complexity index is 713. The molecule has 0 bridgehead atoms. The van der Waals surface area contributed by atoms with Gasteiger partial charge < -0.3 is 15.5 Å². The van der Waals surface area contributed by atoms with Crippen LogP contribution in [0.1, 0.15) is 36.1 Å². The first kappa shape index (κ1) is 19.0. The second-order valence-electron chi connectivity index (χ2n) is 6.49. The maximum atomic E-state index is 12.0. The van der Waals surface area contributed by atoms with E-state index in [0.717, 1.165) is 35.2 Å². The fourth-order valence-electron chi connectivity index (χ4n) is 3.07.